The maximum atomic E-state index is 12.2. The maximum Gasteiger partial charge on any atom is 0.175 e. The van der Waals surface area contributed by atoms with Crippen LogP contribution in [0.5, 0.6) is 0 Å². The summed E-state index contributed by atoms with van der Waals surface area (Å²) in [6.45, 7) is 6.75. The molecule has 1 atom stereocenters. The smallest absolute Gasteiger partial charge is 0.175 e. The van der Waals surface area contributed by atoms with Crippen LogP contribution in [0.1, 0.15) is 17.3 Å². The van der Waals surface area contributed by atoms with Crippen molar-refractivity contribution in [1.82, 2.24) is 4.90 Å². The molecule has 1 aliphatic rings. The number of hydrogen-bond acceptors (Lipinski definition) is 4. The lowest BCUT2D eigenvalue weighted by atomic mass is 10.1. The van der Waals surface area contributed by atoms with Gasteiger partial charge in [0, 0.05) is 31.0 Å². The zero-order chi connectivity index (χ0) is 13.5. The van der Waals surface area contributed by atoms with Gasteiger partial charge in [-0.1, -0.05) is 30.3 Å². The molecular weight excluding hydrogens is 258 g/mol. The second-order valence-corrected chi connectivity index (χ2v) is 6.15. The molecule has 1 heterocycles. The highest BCUT2D eigenvalue weighted by atomic mass is 32.2. The van der Waals surface area contributed by atoms with E-state index in [4.69, 9.17) is 4.74 Å². The Morgan fingerprint density at radius 3 is 2.68 bits per heavy atom. The molecule has 104 valence electrons. The molecule has 1 aromatic carbocycles. The average molecular weight is 279 g/mol. The lowest BCUT2D eigenvalue weighted by Crippen LogP contribution is -2.37. The molecular formula is C15H21NO2S. The third-order valence-corrected chi connectivity index (χ3v) is 4.44. The number of morpholine rings is 1. The van der Waals surface area contributed by atoms with Crippen molar-refractivity contribution in [3.63, 3.8) is 0 Å². The second-order valence-electron chi connectivity index (χ2n) is 4.70. The summed E-state index contributed by atoms with van der Waals surface area (Å²) in [5.74, 6) is 1.23. The van der Waals surface area contributed by atoms with Gasteiger partial charge < -0.3 is 4.74 Å². The number of thioether (sulfide) groups is 1. The van der Waals surface area contributed by atoms with Gasteiger partial charge in [0.25, 0.3) is 0 Å². The van der Waals surface area contributed by atoms with Gasteiger partial charge in [0.2, 0.25) is 0 Å². The van der Waals surface area contributed by atoms with Gasteiger partial charge in [0.15, 0.2) is 5.78 Å². The largest absolute Gasteiger partial charge is 0.379 e. The summed E-state index contributed by atoms with van der Waals surface area (Å²) in [4.78, 5) is 14.6. The number of rotatable bonds is 6. The minimum absolute atomic E-state index is 0.0310. The number of ether oxygens (including phenoxy) is 1. The SMILES string of the molecule is CC(SCCN1CCOCC1)C(=O)c1ccccc1. The van der Waals surface area contributed by atoms with Crippen molar-refractivity contribution in [1.29, 1.82) is 0 Å². The maximum absolute atomic E-state index is 12.2. The highest BCUT2D eigenvalue weighted by Crippen LogP contribution is 2.16. The van der Waals surface area contributed by atoms with E-state index in [-0.39, 0.29) is 11.0 Å². The first-order chi connectivity index (χ1) is 9.27. The Labute approximate surface area is 119 Å². The molecule has 1 aromatic rings. The monoisotopic (exact) mass is 279 g/mol. The Hall–Kier alpha value is -0.840. The van der Waals surface area contributed by atoms with E-state index in [1.807, 2.05) is 37.3 Å². The van der Waals surface area contributed by atoms with Crippen LogP contribution in [0.3, 0.4) is 0 Å². The van der Waals surface area contributed by atoms with Crippen molar-refractivity contribution < 1.29 is 9.53 Å². The third-order valence-electron chi connectivity index (χ3n) is 3.31. The molecule has 0 amide bonds. The molecule has 1 aliphatic heterocycles. The summed E-state index contributed by atoms with van der Waals surface area (Å²) in [7, 11) is 0. The van der Waals surface area contributed by atoms with E-state index in [1.54, 1.807) is 11.8 Å². The summed E-state index contributed by atoms with van der Waals surface area (Å²) in [5, 5.41) is 0.0310. The first kappa shape index (κ1) is 14.6. The van der Waals surface area contributed by atoms with Crippen LogP contribution in [-0.2, 0) is 4.74 Å². The molecule has 1 unspecified atom stereocenters. The van der Waals surface area contributed by atoms with Gasteiger partial charge in [-0.15, -0.1) is 11.8 Å². The number of benzene rings is 1. The Morgan fingerprint density at radius 1 is 1.32 bits per heavy atom. The molecule has 2 rings (SSSR count). The van der Waals surface area contributed by atoms with Crippen LogP contribution in [0.15, 0.2) is 30.3 Å². The van der Waals surface area contributed by atoms with Crippen molar-refractivity contribution in [3.05, 3.63) is 35.9 Å². The average Bonchev–Trinajstić information content (AvgIpc) is 2.48. The van der Waals surface area contributed by atoms with Crippen LogP contribution in [-0.4, -0.2) is 54.5 Å². The summed E-state index contributed by atoms with van der Waals surface area (Å²) in [6.07, 6.45) is 0. The standard InChI is InChI=1S/C15H21NO2S/c1-13(15(17)14-5-3-2-4-6-14)19-12-9-16-7-10-18-11-8-16/h2-6,13H,7-12H2,1H3. The number of hydrogen-bond donors (Lipinski definition) is 0. The predicted molar refractivity (Wildman–Crippen MR) is 80.0 cm³/mol. The molecule has 0 aliphatic carbocycles. The first-order valence-electron chi connectivity index (χ1n) is 6.78. The summed E-state index contributed by atoms with van der Waals surface area (Å²) >= 11 is 1.74. The fourth-order valence-electron chi connectivity index (χ4n) is 2.10. The molecule has 0 spiro atoms. The molecule has 0 radical (unpaired) electrons. The fraction of sp³-hybridized carbons (Fsp3) is 0.533. The van der Waals surface area contributed by atoms with Gasteiger partial charge in [0.05, 0.1) is 18.5 Å². The number of carbonyl (C=O) groups is 1. The van der Waals surface area contributed by atoms with Crippen LogP contribution in [0.4, 0.5) is 0 Å². The van der Waals surface area contributed by atoms with Crippen molar-refractivity contribution in [2.75, 3.05) is 38.6 Å². The minimum Gasteiger partial charge on any atom is -0.379 e. The van der Waals surface area contributed by atoms with Gasteiger partial charge in [-0.3, -0.25) is 9.69 Å². The van der Waals surface area contributed by atoms with Crippen LogP contribution >= 0.6 is 11.8 Å². The van der Waals surface area contributed by atoms with Gasteiger partial charge >= 0.3 is 0 Å². The van der Waals surface area contributed by atoms with E-state index < -0.39 is 0 Å². The number of ketones is 1. The number of Topliss-reactive ketones (excluding diaryl/α,β-unsaturated/α-hetero) is 1. The topological polar surface area (TPSA) is 29.5 Å². The van der Waals surface area contributed by atoms with E-state index in [1.165, 1.54) is 0 Å². The van der Waals surface area contributed by atoms with Gasteiger partial charge in [-0.05, 0) is 6.92 Å². The molecule has 4 heteroatoms. The van der Waals surface area contributed by atoms with Crippen molar-refractivity contribution in [2.45, 2.75) is 12.2 Å². The van der Waals surface area contributed by atoms with Crippen LogP contribution in [0.2, 0.25) is 0 Å². The normalized spacial score (nSPS) is 18.2. The molecule has 0 saturated carbocycles. The minimum atomic E-state index is 0.0310. The van der Waals surface area contributed by atoms with Gasteiger partial charge in [-0.2, -0.15) is 0 Å². The van der Waals surface area contributed by atoms with E-state index in [0.717, 1.165) is 44.2 Å². The molecule has 1 saturated heterocycles. The van der Waals surface area contributed by atoms with E-state index in [9.17, 15) is 4.79 Å². The molecule has 0 N–H and O–H groups in total. The fourth-order valence-corrected chi connectivity index (χ4v) is 3.10. The van der Waals surface area contributed by atoms with E-state index >= 15 is 0 Å². The Morgan fingerprint density at radius 2 is 2.00 bits per heavy atom. The molecule has 1 fully saturated rings. The van der Waals surface area contributed by atoms with E-state index in [2.05, 4.69) is 4.90 Å². The Balaban J connectivity index is 1.72. The van der Waals surface area contributed by atoms with Crippen molar-refractivity contribution >= 4 is 17.5 Å². The van der Waals surface area contributed by atoms with E-state index in [0.29, 0.717) is 0 Å². The zero-order valence-corrected chi connectivity index (χ0v) is 12.2. The molecule has 0 bridgehead atoms. The lowest BCUT2D eigenvalue weighted by Gasteiger charge is -2.26. The zero-order valence-electron chi connectivity index (χ0n) is 11.4. The summed E-state index contributed by atoms with van der Waals surface area (Å²) in [6, 6.07) is 9.55. The lowest BCUT2D eigenvalue weighted by molar-refractivity contribution is 0.0410. The summed E-state index contributed by atoms with van der Waals surface area (Å²) < 4.78 is 5.32. The highest BCUT2D eigenvalue weighted by Gasteiger charge is 2.16. The van der Waals surface area contributed by atoms with Crippen molar-refractivity contribution in [3.8, 4) is 0 Å². The Bertz CT molecular complexity index is 390. The predicted octanol–water partition coefficient (Wildman–Crippen LogP) is 2.32. The second kappa shape index (κ2) is 7.68. The van der Waals surface area contributed by atoms with Crippen molar-refractivity contribution in [2.24, 2.45) is 0 Å². The van der Waals surface area contributed by atoms with Crippen LogP contribution in [0.25, 0.3) is 0 Å². The molecule has 0 aromatic heterocycles. The quantitative estimate of drug-likeness (QED) is 0.748. The van der Waals surface area contributed by atoms with Gasteiger partial charge in [0.1, 0.15) is 0 Å². The number of carbonyl (C=O) groups excluding carboxylic acids is 1. The van der Waals surface area contributed by atoms with Crippen LogP contribution < -0.4 is 0 Å². The number of nitrogens with zero attached hydrogens (tertiary/aromatic N) is 1. The summed E-state index contributed by atoms with van der Waals surface area (Å²) in [5.41, 5.74) is 0.814. The highest BCUT2D eigenvalue weighted by molar-refractivity contribution is 8.00. The first-order valence-corrected chi connectivity index (χ1v) is 7.83. The Kier molecular flexibility index (Phi) is 5.89. The third kappa shape index (κ3) is 4.64. The molecule has 19 heavy (non-hydrogen) atoms. The molecule has 3 nitrogen and oxygen atoms in total. The van der Waals surface area contributed by atoms with Gasteiger partial charge in [-0.25, -0.2) is 0 Å². The van der Waals surface area contributed by atoms with Crippen LogP contribution in [0, 0.1) is 0 Å².